The van der Waals surface area contributed by atoms with Gasteiger partial charge >= 0.3 is 12.0 Å². The van der Waals surface area contributed by atoms with Crippen molar-refractivity contribution >= 4 is 29.0 Å². The maximum Gasteiger partial charge on any atom is 0.357 e. The molecule has 0 aliphatic heterocycles. The molecule has 1 aliphatic carbocycles. The van der Waals surface area contributed by atoms with Gasteiger partial charge in [0.25, 0.3) is 0 Å². The average molecular weight is 434 g/mol. The third kappa shape index (κ3) is 5.41. The molecule has 0 unspecified atom stereocenters. The van der Waals surface area contributed by atoms with Crippen LogP contribution in [0.5, 0.6) is 11.5 Å². The first-order valence-electron chi connectivity index (χ1n) is 9.87. The fraction of sp³-hybridized carbons (Fsp3) is 0.476. The van der Waals surface area contributed by atoms with Crippen molar-refractivity contribution in [1.82, 2.24) is 9.88 Å². The molecule has 0 bridgehead atoms. The van der Waals surface area contributed by atoms with Crippen molar-refractivity contribution in [3.63, 3.8) is 0 Å². The summed E-state index contributed by atoms with van der Waals surface area (Å²) in [5.41, 5.74) is 0.852. The number of anilines is 1. The number of benzene rings is 1. The Kier molecular flexibility index (Phi) is 7.51. The van der Waals surface area contributed by atoms with Crippen molar-refractivity contribution in [2.24, 2.45) is 0 Å². The molecule has 2 amide bonds. The number of esters is 1. The average Bonchev–Trinajstić information content (AvgIpc) is 3.25. The molecule has 0 saturated heterocycles. The van der Waals surface area contributed by atoms with Crippen LogP contribution in [0.3, 0.4) is 0 Å². The lowest BCUT2D eigenvalue weighted by atomic mass is 9.94. The highest BCUT2D eigenvalue weighted by Crippen LogP contribution is 2.28. The predicted octanol–water partition coefficient (Wildman–Crippen LogP) is 4.31. The summed E-state index contributed by atoms with van der Waals surface area (Å²) in [6.45, 7) is 0.333. The van der Waals surface area contributed by atoms with E-state index in [4.69, 9.17) is 14.2 Å². The van der Waals surface area contributed by atoms with Crippen molar-refractivity contribution in [2.75, 3.05) is 26.6 Å². The fourth-order valence-electron chi connectivity index (χ4n) is 3.56. The summed E-state index contributed by atoms with van der Waals surface area (Å²) >= 11 is 1.35. The van der Waals surface area contributed by atoms with E-state index in [1.807, 2.05) is 4.90 Å². The molecule has 0 atom stereocenters. The van der Waals surface area contributed by atoms with E-state index in [0.29, 0.717) is 28.7 Å². The van der Waals surface area contributed by atoms with E-state index < -0.39 is 5.97 Å². The highest BCUT2D eigenvalue weighted by atomic mass is 32.1. The van der Waals surface area contributed by atoms with Gasteiger partial charge in [0.05, 0.1) is 27.9 Å². The van der Waals surface area contributed by atoms with E-state index in [1.54, 1.807) is 37.8 Å². The van der Waals surface area contributed by atoms with Crippen LogP contribution in [0, 0.1) is 0 Å². The Bertz CT molecular complexity index is 857. The van der Waals surface area contributed by atoms with Gasteiger partial charge in [-0.3, -0.25) is 0 Å². The Labute approximate surface area is 180 Å². The quantitative estimate of drug-likeness (QED) is 0.654. The summed E-state index contributed by atoms with van der Waals surface area (Å²) in [6, 6.07) is 5.15. The van der Waals surface area contributed by atoms with Crippen molar-refractivity contribution in [1.29, 1.82) is 0 Å². The number of aromatic nitrogens is 1. The van der Waals surface area contributed by atoms with Crippen LogP contribution in [-0.2, 0) is 11.3 Å². The van der Waals surface area contributed by atoms with Gasteiger partial charge in [-0.2, -0.15) is 0 Å². The second-order valence-corrected chi connectivity index (χ2v) is 8.01. The van der Waals surface area contributed by atoms with Gasteiger partial charge in [0.2, 0.25) is 0 Å². The zero-order chi connectivity index (χ0) is 21.5. The van der Waals surface area contributed by atoms with Crippen molar-refractivity contribution in [3.05, 3.63) is 34.3 Å². The number of carbonyl (C=O) groups is 2. The Morgan fingerprint density at radius 1 is 1.10 bits per heavy atom. The van der Waals surface area contributed by atoms with Gasteiger partial charge in [-0.15, -0.1) is 11.3 Å². The van der Waals surface area contributed by atoms with E-state index in [1.165, 1.54) is 24.9 Å². The molecule has 8 nitrogen and oxygen atoms in total. The standard InChI is InChI=1S/C21H27N3O5S/c1-27-16-9-14(10-17(11-16)28-2)22-21(26)24(15-7-5-4-6-8-15)12-19-23-18(13-30-19)20(25)29-3/h9-11,13,15H,4-8,12H2,1-3H3,(H,22,26). The van der Waals surface area contributed by atoms with Crippen molar-refractivity contribution in [2.45, 2.75) is 44.7 Å². The van der Waals surface area contributed by atoms with Crippen LogP contribution < -0.4 is 14.8 Å². The van der Waals surface area contributed by atoms with Crippen LogP contribution >= 0.6 is 11.3 Å². The number of hydrogen-bond acceptors (Lipinski definition) is 7. The number of nitrogens with one attached hydrogen (secondary N) is 1. The van der Waals surface area contributed by atoms with Crippen LogP contribution in [-0.4, -0.2) is 49.3 Å². The number of amides is 2. The number of ether oxygens (including phenoxy) is 3. The minimum Gasteiger partial charge on any atom is -0.497 e. The van der Waals surface area contributed by atoms with Gasteiger partial charge in [0.1, 0.15) is 16.5 Å². The van der Waals surface area contributed by atoms with Crippen LogP contribution in [0.2, 0.25) is 0 Å². The van der Waals surface area contributed by atoms with Gasteiger partial charge < -0.3 is 24.4 Å². The number of thiazole rings is 1. The molecule has 0 radical (unpaired) electrons. The van der Waals surface area contributed by atoms with E-state index in [0.717, 1.165) is 25.7 Å². The number of nitrogens with zero attached hydrogens (tertiary/aromatic N) is 2. The van der Waals surface area contributed by atoms with Gasteiger partial charge in [0.15, 0.2) is 5.69 Å². The summed E-state index contributed by atoms with van der Waals surface area (Å²) in [5, 5.41) is 5.31. The molecule has 1 saturated carbocycles. The maximum atomic E-state index is 13.2. The molecule has 3 rings (SSSR count). The number of rotatable bonds is 7. The molecule has 0 spiro atoms. The molecule has 1 fully saturated rings. The lowest BCUT2D eigenvalue weighted by molar-refractivity contribution is 0.0594. The van der Waals surface area contributed by atoms with Crippen molar-refractivity contribution < 1.29 is 23.8 Å². The second kappa shape index (κ2) is 10.3. The van der Waals surface area contributed by atoms with Crippen LogP contribution in [0.1, 0.15) is 47.6 Å². The minimum absolute atomic E-state index is 0.122. The number of carbonyl (C=O) groups excluding carboxylic acids is 2. The van der Waals surface area contributed by atoms with Gasteiger partial charge in [-0.25, -0.2) is 14.6 Å². The summed E-state index contributed by atoms with van der Waals surface area (Å²) in [5.74, 6) is 0.711. The zero-order valence-electron chi connectivity index (χ0n) is 17.5. The van der Waals surface area contributed by atoms with Crippen molar-refractivity contribution in [3.8, 4) is 11.5 Å². The zero-order valence-corrected chi connectivity index (χ0v) is 18.3. The Hall–Kier alpha value is -2.81. The van der Waals surface area contributed by atoms with Gasteiger partial charge in [-0.05, 0) is 12.8 Å². The summed E-state index contributed by atoms with van der Waals surface area (Å²) in [7, 11) is 4.46. The van der Waals surface area contributed by atoms with E-state index in [2.05, 4.69) is 10.3 Å². The van der Waals surface area contributed by atoms with Crippen LogP contribution in [0.15, 0.2) is 23.6 Å². The molecule has 2 aromatic rings. The molecular formula is C21H27N3O5S. The molecule has 1 aromatic carbocycles. The van der Waals surface area contributed by atoms with Crippen LogP contribution in [0.4, 0.5) is 10.5 Å². The van der Waals surface area contributed by atoms with Gasteiger partial charge in [-0.1, -0.05) is 19.3 Å². The van der Waals surface area contributed by atoms with E-state index in [9.17, 15) is 9.59 Å². The third-order valence-electron chi connectivity index (χ3n) is 5.13. The largest absolute Gasteiger partial charge is 0.497 e. The fourth-order valence-corrected chi connectivity index (χ4v) is 4.32. The number of hydrogen-bond donors (Lipinski definition) is 1. The molecule has 30 heavy (non-hydrogen) atoms. The molecule has 162 valence electrons. The highest BCUT2D eigenvalue weighted by Gasteiger charge is 2.27. The highest BCUT2D eigenvalue weighted by molar-refractivity contribution is 7.09. The lowest BCUT2D eigenvalue weighted by Gasteiger charge is -2.34. The monoisotopic (exact) mass is 433 g/mol. The van der Waals surface area contributed by atoms with Gasteiger partial charge in [0, 0.05) is 35.3 Å². The number of methoxy groups -OCH3 is 3. The Balaban J connectivity index is 1.80. The first-order valence-corrected chi connectivity index (χ1v) is 10.8. The predicted molar refractivity (Wildman–Crippen MR) is 114 cm³/mol. The first-order chi connectivity index (χ1) is 14.5. The topological polar surface area (TPSA) is 90.0 Å². The second-order valence-electron chi connectivity index (χ2n) is 7.07. The molecule has 1 N–H and O–H groups in total. The molecule has 9 heteroatoms. The third-order valence-corrected chi connectivity index (χ3v) is 5.96. The maximum absolute atomic E-state index is 13.2. The van der Waals surface area contributed by atoms with E-state index in [-0.39, 0.29) is 17.8 Å². The lowest BCUT2D eigenvalue weighted by Crippen LogP contribution is -2.43. The smallest absolute Gasteiger partial charge is 0.357 e. The first kappa shape index (κ1) is 21.9. The minimum atomic E-state index is -0.477. The SMILES string of the molecule is COC(=O)c1csc(CN(C(=O)Nc2cc(OC)cc(OC)c2)C2CCCCC2)n1. The molecule has 1 aromatic heterocycles. The normalized spacial score (nSPS) is 14.1. The molecular weight excluding hydrogens is 406 g/mol. The molecule has 1 heterocycles. The summed E-state index contributed by atoms with van der Waals surface area (Å²) in [4.78, 5) is 31.1. The number of urea groups is 1. The van der Waals surface area contributed by atoms with Crippen LogP contribution in [0.25, 0.3) is 0 Å². The Morgan fingerprint density at radius 3 is 2.37 bits per heavy atom. The van der Waals surface area contributed by atoms with E-state index >= 15 is 0 Å². The molecule has 1 aliphatic rings. The Morgan fingerprint density at radius 2 is 1.77 bits per heavy atom. The summed E-state index contributed by atoms with van der Waals surface area (Å²) in [6.07, 6.45) is 5.26. The summed E-state index contributed by atoms with van der Waals surface area (Å²) < 4.78 is 15.3.